The van der Waals surface area contributed by atoms with Crippen LogP contribution in [0.3, 0.4) is 0 Å². The van der Waals surface area contributed by atoms with Crippen LogP contribution in [0.1, 0.15) is 51.9 Å². The van der Waals surface area contributed by atoms with Gasteiger partial charge in [-0.1, -0.05) is 57.2 Å². The molecule has 0 fully saturated rings. The van der Waals surface area contributed by atoms with Gasteiger partial charge in [0.05, 0.1) is 0 Å². The molecule has 0 bridgehead atoms. The smallest absolute Gasteiger partial charge is 0.208 e. The molecule has 0 saturated heterocycles. The highest BCUT2D eigenvalue weighted by molar-refractivity contribution is 4.99. The van der Waals surface area contributed by atoms with Crippen molar-refractivity contribution in [2.75, 3.05) is 0 Å². The van der Waals surface area contributed by atoms with E-state index in [0.29, 0.717) is 6.42 Å². The molecule has 0 spiro atoms. The van der Waals surface area contributed by atoms with Gasteiger partial charge in [-0.2, -0.15) is 0 Å². The normalized spacial score (nSPS) is 11.8. The maximum absolute atomic E-state index is 13.6. The van der Waals surface area contributed by atoms with Crippen LogP contribution in [-0.4, -0.2) is 0 Å². The van der Waals surface area contributed by atoms with Crippen LogP contribution < -0.4 is 21.2 Å². The van der Waals surface area contributed by atoms with Gasteiger partial charge in [-0.25, -0.2) is 4.39 Å². The maximum atomic E-state index is 13.6. The Bertz CT molecular complexity index is 332. The fraction of sp³-hybridized carbons (Fsp3) is 0.500. The van der Waals surface area contributed by atoms with E-state index >= 15 is 0 Å². The molecule has 0 saturated carbocycles. The summed E-state index contributed by atoms with van der Waals surface area (Å²) in [5.74, 6) is 0.0992. The predicted molar refractivity (Wildman–Crippen MR) is 72.3 cm³/mol. The third kappa shape index (κ3) is 7.85. The van der Waals surface area contributed by atoms with Gasteiger partial charge < -0.3 is 0 Å². The van der Waals surface area contributed by atoms with Gasteiger partial charge in [0.25, 0.3) is 0 Å². The van der Waals surface area contributed by atoms with E-state index in [1.54, 1.807) is 0 Å². The number of unbranched alkanes of at least 4 members (excludes halogenated alkanes) is 5. The number of hydrogen-bond donors (Lipinski definition) is 0. The molecule has 0 N–H and O–H groups in total. The standard InChI is InChI=1S/C16H23FI/c1-2-3-4-5-6-8-11-15(17)14-18-16-12-9-7-10-13-16/h7,9-10,12-14H,2-6,8,11H2,1H3/q+1/b15-14-. The fourth-order valence-electron chi connectivity index (χ4n) is 1.74. The highest BCUT2D eigenvalue weighted by Gasteiger charge is 2.09. The van der Waals surface area contributed by atoms with Crippen LogP contribution in [0.5, 0.6) is 0 Å². The summed E-state index contributed by atoms with van der Waals surface area (Å²) < 4.78 is 16.7. The second kappa shape index (κ2) is 10.5. The van der Waals surface area contributed by atoms with Crippen LogP contribution in [0.25, 0.3) is 0 Å². The molecule has 1 aromatic carbocycles. The first kappa shape index (κ1) is 15.7. The monoisotopic (exact) mass is 361 g/mol. The van der Waals surface area contributed by atoms with Gasteiger partial charge in [0.2, 0.25) is 0 Å². The minimum Gasteiger partial charge on any atom is -0.208 e. The quantitative estimate of drug-likeness (QED) is 0.468. The molecule has 0 aliphatic carbocycles. The van der Waals surface area contributed by atoms with E-state index < -0.39 is 0 Å². The zero-order valence-corrected chi connectivity index (χ0v) is 13.3. The molecule has 0 unspecified atom stereocenters. The van der Waals surface area contributed by atoms with Gasteiger partial charge in [0, 0.05) is 6.42 Å². The van der Waals surface area contributed by atoms with Crippen LogP contribution in [0.15, 0.2) is 40.2 Å². The Labute approximate surface area is 121 Å². The van der Waals surface area contributed by atoms with Crippen molar-refractivity contribution in [2.45, 2.75) is 51.9 Å². The van der Waals surface area contributed by atoms with Crippen molar-refractivity contribution in [2.24, 2.45) is 0 Å². The van der Waals surface area contributed by atoms with Crippen molar-refractivity contribution in [3.05, 3.63) is 43.8 Å². The predicted octanol–water partition coefficient (Wildman–Crippen LogP) is 2.51. The molecule has 2 heteroatoms. The number of allylic oxidation sites excluding steroid dienone is 1. The summed E-state index contributed by atoms with van der Waals surface area (Å²) >= 11 is -0.283. The van der Waals surface area contributed by atoms with E-state index in [2.05, 4.69) is 19.1 Å². The van der Waals surface area contributed by atoms with Gasteiger partial charge in [0.15, 0.2) is 7.65 Å². The minimum atomic E-state index is -0.283. The molecule has 0 atom stereocenters. The summed E-state index contributed by atoms with van der Waals surface area (Å²) in [6, 6.07) is 10.2. The second-order valence-corrected chi connectivity index (χ2v) is 6.97. The second-order valence-electron chi connectivity index (χ2n) is 4.48. The number of rotatable bonds is 9. The summed E-state index contributed by atoms with van der Waals surface area (Å²) in [6.45, 7) is 2.22. The zero-order valence-electron chi connectivity index (χ0n) is 11.2. The Morgan fingerprint density at radius 1 is 1.06 bits per heavy atom. The summed E-state index contributed by atoms with van der Waals surface area (Å²) in [6.07, 6.45) is 7.97. The third-order valence-corrected chi connectivity index (χ3v) is 5.23. The molecule has 0 radical (unpaired) electrons. The first-order valence-electron chi connectivity index (χ1n) is 6.86. The summed E-state index contributed by atoms with van der Waals surface area (Å²) in [4.78, 5) is 0. The van der Waals surface area contributed by atoms with E-state index in [4.69, 9.17) is 0 Å². The van der Waals surface area contributed by atoms with E-state index in [0.717, 1.165) is 6.42 Å². The number of hydrogen-bond acceptors (Lipinski definition) is 0. The molecule has 0 aromatic heterocycles. The largest absolute Gasteiger partial charge is 0.352 e. The van der Waals surface area contributed by atoms with Crippen LogP contribution in [0.4, 0.5) is 4.39 Å². The Kier molecular flexibility index (Phi) is 9.17. The van der Waals surface area contributed by atoms with Gasteiger partial charge in [-0.05, 0) is 18.6 Å². The summed E-state index contributed by atoms with van der Waals surface area (Å²) in [5, 5.41) is 0. The van der Waals surface area contributed by atoms with Gasteiger partial charge in [-0.3, -0.25) is 0 Å². The highest BCUT2D eigenvalue weighted by Crippen LogP contribution is 2.11. The average Bonchev–Trinajstić information content (AvgIpc) is 2.41. The lowest BCUT2D eigenvalue weighted by atomic mass is 10.1. The molecular weight excluding hydrogens is 338 g/mol. The van der Waals surface area contributed by atoms with Crippen LogP contribution >= 0.6 is 0 Å². The van der Waals surface area contributed by atoms with E-state index in [-0.39, 0.29) is 27.0 Å². The molecule has 0 nitrogen and oxygen atoms in total. The van der Waals surface area contributed by atoms with Crippen LogP contribution in [0, 0.1) is 3.57 Å². The highest BCUT2D eigenvalue weighted by atomic mass is 127. The Hall–Kier alpha value is -0.380. The zero-order chi connectivity index (χ0) is 13.1. The molecule has 18 heavy (non-hydrogen) atoms. The lowest BCUT2D eigenvalue weighted by Crippen LogP contribution is -3.59. The number of halogens is 2. The maximum Gasteiger partial charge on any atom is 0.352 e. The van der Waals surface area contributed by atoms with E-state index in [1.807, 2.05) is 22.3 Å². The van der Waals surface area contributed by atoms with Crippen molar-refractivity contribution in [3.8, 4) is 0 Å². The molecule has 0 aliphatic rings. The molecule has 0 aliphatic heterocycles. The van der Waals surface area contributed by atoms with Crippen molar-refractivity contribution in [1.29, 1.82) is 0 Å². The van der Waals surface area contributed by atoms with Crippen molar-refractivity contribution in [1.82, 2.24) is 0 Å². The first-order valence-corrected chi connectivity index (χ1v) is 9.18. The molecule has 0 amide bonds. The van der Waals surface area contributed by atoms with Crippen molar-refractivity contribution < 1.29 is 25.6 Å². The first-order chi connectivity index (χ1) is 8.83. The lowest BCUT2D eigenvalue weighted by Gasteiger charge is -1.98. The van der Waals surface area contributed by atoms with E-state index in [9.17, 15) is 4.39 Å². The minimum absolute atomic E-state index is 0.0992. The SMILES string of the molecule is CCCCCCCC/C(F)=C/[I+]c1ccccc1. The van der Waals surface area contributed by atoms with E-state index in [1.165, 1.54) is 35.7 Å². The summed E-state index contributed by atoms with van der Waals surface area (Å²) in [7, 11) is 0. The van der Waals surface area contributed by atoms with Gasteiger partial charge >= 0.3 is 21.2 Å². The molecule has 100 valence electrons. The van der Waals surface area contributed by atoms with Gasteiger partial charge in [-0.15, -0.1) is 0 Å². The topological polar surface area (TPSA) is 0 Å². The molecule has 1 aromatic rings. The molecule has 1 rings (SSSR count). The Morgan fingerprint density at radius 3 is 2.44 bits per heavy atom. The van der Waals surface area contributed by atoms with Crippen molar-refractivity contribution >= 4 is 0 Å². The summed E-state index contributed by atoms with van der Waals surface area (Å²) in [5.41, 5.74) is 0. The van der Waals surface area contributed by atoms with Crippen LogP contribution in [0.2, 0.25) is 0 Å². The van der Waals surface area contributed by atoms with Crippen LogP contribution in [-0.2, 0) is 0 Å². The molecular formula is C16H23FI+. The third-order valence-electron chi connectivity index (χ3n) is 2.80. The lowest BCUT2D eigenvalue weighted by molar-refractivity contribution is -0.558. The fourth-order valence-corrected chi connectivity index (χ4v) is 3.58. The van der Waals surface area contributed by atoms with Gasteiger partial charge in [0.1, 0.15) is 5.83 Å². The molecule has 0 heterocycles. The Balaban J connectivity index is 2.11. The average molecular weight is 361 g/mol. The van der Waals surface area contributed by atoms with Crippen molar-refractivity contribution in [3.63, 3.8) is 0 Å². The number of benzene rings is 1. The Morgan fingerprint density at radius 2 is 1.72 bits per heavy atom.